The Morgan fingerprint density at radius 1 is 1.14 bits per heavy atom. The van der Waals surface area contributed by atoms with E-state index in [1.807, 2.05) is 30.3 Å². The maximum Gasteiger partial charge on any atom is 0.308 e. The van der Waals surface area contributed by atoms with Gasteiger partial charge in [0.2, 0.25) is 11.8 Å². The van der Waals surface area contributed by atoms with Crippen molar-refractivity contribution >= 4 is 46.1 Å². The smallest absolute Gasteiger partial charge is 0.308 e. The average molecular weight is 397 g/mol. The summed E-state index contributed by atoms with van der Waals surface area (Å²) in [6.45, 7) is 1.29. The van der Waals surface area contributed by atoms with Crippen LogP contribution >= 0.6 is 11.8 Å². The molecule has 2 aromatic carbocycles. The maximum atomic E-state index is 12.5. The molecule has 1 saturated heterocycles. The molecule has 1 fully saturated rings. The summed E-state index contributed by atoms with van der Waals surface area (Å²) < 4.78 is 5.08. The van der Waals surface area contributed by atoms with E-state index in [2.05, 4.69) is 10.3 Å². The lowest BCUT2D eigenvalue weighted by molar-refractivity contribution is -0.132. The summed E-state index contributed by atoms with van der Waals surface area (Å²) in [6.07, 6.45) is -0.0178. The third-order valence-electron chi connectivity index (χ3n) is 3.91. The molecule has 1 aliphatic rings. The van der Waals surface area contributed by atoms with Crippen LogP contribution in [-0.2, 0) is 14.4 Å². The van der Waals surface area contributed by atoms with E-state index in [0.717, 1.165) is 5.69 Å². The summed E-state index contributed by atoms with van der Waals surface area (Å²) >= 11 is 1.26. The molecule has 8 heteroatoms. The van der Waals surface area contributed by atoms with Crippen LogP contribution in [0.1, 0.15) is 13.3 Å². The highest BCUT2D eigenvalue weighted by atomic mass is 32.2. The van der Waals surface area contributed by atoms with E-state index in [-0.39, 0.29) is 24.0 Å². The molecule has 1 N–H and O–H groups in total. The number of aliphatic imine (C=N–C) groups is 1. The molecular formula is C20H19N3O4S. The second-order valence-corrected chi connectivity index (χ2v) is 7.25. The first-order chi connectivity index (χ1) is 13.4. The molecule has 0 bridgehead atoms. The zero-order chi connectivity index (χ0) is 20.1. The molecule has 0 saturated carbocycles. The van der Waals surface area contributed by atoms with Crippen molar-refractivity contribution in [3.63, 3.8) is 0 Å². The number of para-hydroxylation sites is 3. The Morgan fingerprint density at radius 2 is 1.82 bits per heavy atom. The number of amidine groups is 1. The Hall–Kier alpha value is -3.13. The molecule has 0 aromatic heterocycles. The van der Waals surface area contributed by atoms with E-state index < -0.39 is 11.2 Å². The fourth-order valence-corrected chi connectivity index (χ4v) is 3.75. The quantitative estimate of drug-likeness (QED) is 0.618. The van der Waals surface area contributed by atoms with Crippen molar-refractivity contribution in [2.24, 2.45) is 4.99 Å². The minimum atomic E-state index is -0.562. The first-order valence-corrected chi connectivity index (χ1v) is 9.47. The number of carbonyl (C=O) groups excluding carboxylic acids is 3. The number of nitrogens with zero attached hydrogens (tertiary/aromatic N) is 2. The van der Waals surface area contributed by atoms with E-state index in [0.29, 0.717) is 10.9 Å². The van der Waals surface area contributed by atoms with E-state index in [9.17, 15) is 14.4 Å². The number of ether oxygens (including phenoxy) is 1. The Balaban J connectivity index is 1.67. The van der Waals surface area contributed by atoms with Crippen LogP contribution in [0, 0.1) is 0 Å². The number of esters is 1. The van der Waals surface area contributed by atoms with Crippen LogP contribution in [0.25, 0.3) is 0 Å². The normalized spacial score (nSPS) is 17.6. The first kappa shape index (κ1) is 19.6. The average Bonchev–Trinajstić information content (AvgIpc) is 2.91. The molecule has 1 heterocycles. The van der Waals surface area contributed by atoms with E-state index >= 15 is 0 Å². The number of thioether (sulfide) groups is 1. The van der Waals surface area contributed by atoms with E-state index in [4.69, 9.17) is 4.74 Å². The number of anilines is 1. The Bertz CT molecular complexity index is 930. The first-order valence-electron chi connectivity index (χ1n) is 8.59. The van der Waals surface area contributed by atoms with Gasteiger partial charge in [-0.1, -0.05) is 42.1 Å². The number of rotatable bonds is 5. The fourth-order valence-electron chi connectivity index (χ4n) is 2.59. The minimum absolute atomic E-state index is 0.0178. The number of carbonyl (C=O) groups is 3. The van der Waals surface area contributed by atoms with Gasteiger partial charge < -0.3 is 10.1 Å². The van der Waals surface area contributed by atoms with Crippen LogP contribution in [0.15, 0.2) is 59.6 Å². The second-order valence-electron chi connectivity index (χ2n) is 6.08. The summed E-state index contributed by atoms with van der Waals surface area (Å²) in [4.78, 5) is 42.1. The topological polar surface area (TPSA) is 88.1 Å². The van der Waals surface area contributed by atoms with Crippen molar-refractivity contribution in [2.45, 2.75) is 18.6 Å². The number of nitrogens with one attached hydrogen (secondary N) is 1. The molecule has 0 radical (unpaired) electrons. The Labute approximate surface area is 166 Å². The maximum absolute atomic E-state index is 12.5. The summed E-state index contributed by atoms with van der Waals surface area (Å²) in [5.74, 6) is -0.744. The standard InChI is InChI=1S/C20H19N3O4S/c1-13(24)27-16-11-7-6-10-15(16)22-18(25)12-17-19(26)23(2)20(28-17)21-14-8-4-3-5-9-14/h3-11,17H,12H2,1-2H3,(H,22,25)/t17-/m1/s1. The zero-order valence-electron chi connectivity index (χ0n) is 15.4. The fraction of sp³-hybridized carbons (Fsp3) is 0.200. The van der Waals surface area contributed by atoms with Crippen molar-refractivity contribution in [1.82, 2.24) is 4.90 Å². The van der Waals surface area contributed by atoms with Crippen molar-refractivity contribution in [2.75, 3.05) is 12.4 Å². The lowest BCUT2D eigenvalue weighted by Gasteiger charge is -2.11. The van der Waals surface area contributed by atoms with Crippen molar-refractivity contribution in [1.29, 1.82) is 0 Å². The largest absolute Gasteiger partial charge is 0.424 e. The van der Waals surface area contributed by atoms with Crippen LogP contribution in [0.2, 0.25) is 0 Å². The van der Waals surface area contributed by atoms with Gasteiger partial charge >= 0.3 is 5.97 Å². The van der Waals surface area contributed by atoms with Crippen LogP contribution in [0.5, 0.6) is 5.75 Å². The molecule has 7 nitrogen and oxygen atoms in total. The number of amides is 2. The predicted molar refractivity (Wildman–Crippen MR) is 109 cm³/mol. The van der Waals surface area contributed by atoms with Gasteiger partial charge in [0.05, 0.1) is 11.4 Å². The summed E-state index contributed by atoms with van der Waals surface area (Å²) in [5, 5.41) is 2.69. The van der Waals surface area contributed by atoms with E-state index in [1.54, 1.807) is 31.3 Å². The van der Waals surface area contributed by atoms with Crippen LogP contribution < -0.4 is 10.1 Å². The molecule has 2 aromatic rings. The van der Waals surface area contributed by atoms with Crippen LogP contribution in [-0.4, -0.2) is 40.1 Å². The summed E-state index contributed by atoms with van der Waals surface area (Å²) in [7, 11) is 1.64. The number of hydrogen-bond acceptors (Lipinski definition) is 6. The van der Waals surface area contributed by atoms with Crippen LogP contribution in [0.3, 0.4) is 0 Å². The third kappa shape index (κ3) is 4.77. The SMILES string of the molecule is CC(=O)Oc1ccccc1NC(=O)C[C@H]1SC(=Nc2ccccc2)N(C)C1=O. The van der Waals surface area contributed by atoms with Gasteiger partial charge in [0.1, 0.15) is 5.25 Å². The molecule has 28 heavy (non-hydrogen) atoms. The van der Waals surface area contributed by atoms with Crippen molar-refractivity contribution in [3.05, 3.63) is 54.6 Å². The van der Waals surface area contributed by atoms with Gasteiger partial charge in [-0.25, -0.2) is 4.99 Å². The lowest BCUT2D eigenvalue weighted by Crippen LogP contribution is -2.30. The monoisotopic (exact) mass is 397 g/mol. The summed E-state index contributed by atoms with van der Waals surface area (Å²) in [6, 6.07) is 16.0. The second kappa shape index (κ2) is 8.71. The molecule has 0 aliphatic carbocycles. The predicted octanol–water partition coefficient (Wildman–Crippen LogP) is 3.20. The van der Waals surface area contributed by atoms with Gasteiger partial charge in [0, 0.05) is 20.4 Å². The highest BCUT2D eigenvalue weighted by Gasteiger charge is 2.37. The number of hydrogen-bond donors (Lipinski definition) is 1. The number of benzene rings is 2. The van der Waals surface area contributed by atoms with Crippen molar-refractivity contribution in [3.8, 4) is 5.75 Å². The molecule has 144 valence electrons. The minimum Gasteiger partial charge on any atom is -0.424 e. The molecular weight excluding hydrogens is 378 g/mol. The van der Waals surface area contributed by atoms with Crippen LogP contribution in [0.4, 0.5) is 11.4 Å². The molecule has 2 amide bonds. The van der Waals surface area contributed by atoms with Gasteiger partial charge in [-0.05, 0) is 24.3 Å². The van der Waals surface area contributed by atoms with Gasteiger partial charge in [-0.3, -0.25) is 19.3 Å². The van der Waals surface area contributed by atoms with Gasteiger partial charge in [0.25, 0.3) is 0 Å². The molecule has 0 spiro atoms. The Kier molecular flexibility index (Phi) is 6.10. The highest BCUT2D eigenvalue weighted by molar-refractivity contribution is 8.15. The molecule has 3 rings (SSSR count). The Morgan fingerprint density at radius 3 is 2.54 bits per heavy atom. The zero-order valence-corrected chi connectivity index (χ0v) is 16.2. The van der Waals surface area contributed by atoms with Gasteiger partial charge in [0.15, 0.2) is 10.9 Å². The molecule has 1 atom stereocenters. The molecule has 1 aliphatic heterocycles. The van der Waals surface area contributed by atoms with Gasteiger partial charge in [-0.15, -0.1) is 0 Å². The lowest BCUT2D eigenvalue weighted by atomic mass is 10.2. The highest BCUT2D eigenvalue weighted by Crippen LogP contribution is 2.31. The van der Waals surface area contributed by atoms with Crippen molar-refractivity contribution < 1.29 is 19.1 Å². The summed E-state index contributed by atoms with van der Waals surface area (Å²) in [5.41, 5.74) is 1.12. The van der Waals surface area contributed by atoms with E-state index in [1.165, 1.54) is 23.6 Å². The van der Waals surface area contributed by atoms with Gasteiger partial charge in [-0.2, -0.15) is 0 Å². The molecule has 0 unspecified atom stereocenters. The third-order valence-corrected chi connectivity index (χ3v) is 5.14.